The van der Waals surface area contributed by atoms with Gasteiger partial charge in [0.2, 0.25) is 5.91 Å². The highest BCUT2D eigenvalue weighted by Crippen LogP contribution is 2.41. The Labute approximate surface area is 249 Å². The number of rotatable bonds is 13. The third-order valence-electron chi connectivity index (χ3n) is 9.20. The normalized spacial score (nSPS) is 23.7. The minimum atomic E-state index is -0.957. The molecule has 42 heavy (non-hydrogen) atoms. The van der Waals surface area contributed by atoms with Crippen LogP contribution in [0.3, 0.4) is 0 Å². The van der Waals surface area contributed by atoms with Crippen LogP contribution in [-0.4, -0.2) is 82.7 Å². The Bertz CT molecular complexity index is 1060. The van der Waals surface area contributed by atoms with Gasteiger partial charge in [-0.1, -0.05) is 56.0 Å². The Balaban J connectivity index is 1.20. The molecule has 1 aromatic carbocycles. The number of benzene rings is 1. The van der Waals surface area contributed by atoms with Crippen LogP contribution in [0, 0.1) is 11.8 Å². The number of nitrogens with zero attached hydrogens (tertiary/aromatic N) is 2. The van der Waals surface area contributed by atoms with Crippen molar-refractivity contribution in [1.29, 1.82) is 0 Å². The molecule has 2 saturated heterocycles. The van der Waals surface area contributed by atoms with Crippen LogP contribution < -0.4 is 5.32 Å². The van der Waals surface area contributed by atoms with E-state index < -0.39 is 24.1 Å². The lowest BCUT2D eigenvalue weighted by molar-refractivity contribution is -0.151. The fourth-order valence-corrected chi connectivity index (χ4v) is 6.93. The number of esters is 1. The molecule has 4 rings (SSSR count). The van der Waals surface area contributed by atoms with Gasteiger partial charge in [-0.15, -0.1) is 0 Å². The number of hydrogen-bond donors (Lipinski definition) is 2. The monoisotopic (exact) mass is 585 g/mol. The molecular formula is C32H47N3O7. The van der Waals surface area contributed by atoms with Gasteiger partial charge in [0.1, 0.15) is 18.7 Å². The highest BCUT2D eigenvalue weighted by atomic mass is 16.6. The van der Waals surface area contributed by atoms with Crippen LogP contribution in [0.4, 0.5) is 4.79 Å². The molecule has 10 heteroatoms. The predicted octanol–water partition coefficient (Wildman–Crippen LogP) is 4.36. The first-order valence-corrected chi connectivity index (χ1v) is 15.7. The van der Waals surface area contributed by atoms with Gasteiger partial charge in [0.15, 0.2) is 0 Å². The largest absolute Gasteiger partial charge is 0.480 e. The Morgan fingerprint density at radius 3 is 2.45 bits per heavy atom. The first-order chi connectivity index (χ1) is 20.3. The van der Waals surface area contributed by atoms with Gasteiger partial charge in [0, 0.05) is 19.1 Å². The number of carbonyl (C=O) groups is 4. The zero-order valence-corrected chi connectivity index (χ0v) is 25.0. The molecule has 2 amide bonds. The standard InChI is InChI=1S/C32H47N3O7/c1-3-41-31(39)26(33-22(2)29(36)35-27-15-9-13-25(27)20-28(35)30(37)38)14-8-7-10-23-16-18-34(19-17-23)32(40)42-21-24-11-5-4-6-12-24/h4-6,11-12,22-23,25-28,33H,3,7-10,13-21H2,1-2H3,(H,37,38)/t22-,25-,26-,27-,28-/m0/s1. The van der Waals surface area contributed by atoms with Gasteiger partial charge < -0.3 is 24.4 Å². The molecule has 1 aromatic rings. The molecule has 10 nitrogen and oxygen atoms in total. The first-order valence-electron chi connectivity index (χ1n) is 15.7. The lowest BCUT2D eigenvalue weighted by Gasteiger charge is -2.32. The van der Waals surface area contributed by atoms with E-state index in [0.717, 1.165) is 56.9 Å². The third kappa shape index (κ3) is 8.24. The fraction of sp³-hybridized carbons (Fsp3) is 0.688. The fourth-order valence-electron chi connectivity index (χ4n) is 6.93. The molecule has 2 N–H and O–H groups in total. The maximum absolute atomic E-state index is 13.5. The number of likely N-dealkylation sites (tertiary alicyclic amines) is 2. The second kappa shape index (κ2) is 15.4. The topological polar surface area (TPSA) is 125 Å². The van der Waals surface area contributed by atoms with E-state index in [2.05, 4.69) is 5.32 Å². The summed E-state index contributed by atoms with van der Waals surface area (Å²) in [5, 5.41) is 12.9. The second-order valence-corrected chi connectivity index (χ2v) is 12.0. The summed E-state index contributed by atoms with van der Waals surface area (Å²) in [7, 11) is 0. The van der Waals surface area contributed by atoms with Crippen molar-refractivity contribution in [2.24, 2.45) is 11.8 Å². The van der Waals surface area contributed by atoms with Crippen LogP contribution in [0.25, 0.3) is 0 Å². The van der Waals surface area contributed by atoms with Crippen LogP contribution in [0.1, 0.15) is 83.6 Å². The number of carbonyl (C=O) groups excluding carboxylic acids is 3. The van der Waals surface area contributed by atoms with E-state index in [1.165, 1.54) is 0 Å². The van der Waals surface area contributed by atoms with Gasteiger partial charge in [-0.2, -0.15) is 0 Å². The van der Waals surface area contributed by atoms with E-state index in [4.69, 9.17) is 9.47 Å². The third-order valence-corrected chi connectivity index (χ3v) is 9.20. The molecule has 0 unspecified atom stereocenters. The molecule has 3 aliphatic rings. The lowest BCUT2D eigenvalue weighted by atomic mass is 9.91. The molecule has 5 atom stereocenters. The number of aliphatic carboxylic acids is 1. The number of unbranched alkanes of at least 4 members (excludes halogenated alkanes) is 1. The van der Waals surface area contributed by atoms with Crippen LogP contribution in [0.5, 0.6) is 0 Å². The zero-order valence-electron chi connectivity index (χ0n) is 25.0. The molecular weight excluding hydrogens is 538 g/mol. The van der Waals surface area contributed by atoms with E-state index in [-0.39, 0.29) is 43.1 Å². The van der Waals surface area contributed by atoms with Crippen LogP contribution in [0.15, 0.2) is 30.3 Å². The maximum atomic E-state index is 13.5. The minimum absolute atomic E-state index is 0.0268. The summed E-state index contributed by atoms with van der Waals surface area (Å²) in [4.78, 5) is 53.9. The molecule has 232 valence electrons. The van der Waals surface area contributed by atoms with Crippen LogP contribution in [0.2, 0.25) is 0 Å². The molecule has 1 saturated carbocycles. The molecule has 0 radical (unpaired) electrons. The Kier molecular flexibility index (Phi) is 11.6. The quantitative estimate of drug-likeness (QED) is 0.258. The van der Waals surface area contributed by atoms with Gasteiger partial charge in [0.25, 0.3) is 0 Å². The summed E-state index contributed by atoms with van der Waals surface area (Å²) in [5.74, 6) is -0.827. The average Bonchev–Trinajstić information content (AvgIpc) is 3.60. The maximum Gasteiger partial charge on any atom is 0.410 e. The summed E-state index contributed by atoms with van der Waals surface area (Å²) >= 11 is 0. The zero-order chi connectivity index (χ0) is 30.1. The highest BCUT2D eigenvalue weighted by molar-refractivity contribution is 5.88. The predicted molar refractivity (Wildman–Crippen MR) is 156 cm³/mol. The number of fused-ring (bicyclic) bond motifs is 1. The number of piperidine rings is 1. The second-order valence-electron chi connectivity index (χ2n) is 12.0. The smallest absolute Gasteiger partial charge is 0.410 e. The minimum Gasteiger partial charge on any atom is -0.480 e. The van der Waals surface area contributed by atoms with E-state index in [1.54, 1.807) is 23.6 Å². The Morgan fingerprint density at radius 1 is 1.02 bits per heavy atom. The molecule has 2 aliphatic heterocycles. The summed E-state index contributed by atoms with van der Waals surface area (Å²) < 4.78 is 10.8. The first kappa shape index (κ1) is 31.8. The number of nitrogens with one attached hydrogen (secondary N) is 1. The Hall–Kier alpha value is -3.14. The number of carboxylic acid groups (broad SMARTS) is 1. The van der Waals surface area contributed by atoms with E-state index in [9.17, 15) is 24.3 Å². The van der Waals surface area contributed by atoms with Crippen LogP contribution in [-0.2, 0) is 30.5 Å². The number of carboxylic acids is 1. The van der Waals surface area contributed by atoms with Crippen molar-refractivity contribution in [2.75, 3.05) is 19.7 Å². The van der Waals surface area contributed by atoms with E-state index >= 15 is 0 Å². The molecule has 3 fully saturated rings. The molecule has 1 aliphatic carbocycles. The summed E-state index contributed by atoms with van der Waals surface area (Å²) in [6.45, 7) is 5.37. The molecule has 0 bridgehead atoms. The van der Waals surface area contributed by atoms with Crippen molar-refractivity contribution in [2.45, 2.75) is 109 Å². The van der Waals surface area contributed by atoms with Crippen molar-refractivity contribution in [1.82, 2.24) is 15.1 Å². The SMILES string of the molecule is CCOC(=O)[C@H](CCCCC1CCN(C(=O)OCc2ccccc2)CC1)N[C@@H](C)C(=O)N1[C@H](C(=O)O)C[C@@H]2CCC[C@@H]21. The van der Waals surface area contributed by atoms with Gasteiger partial charge in [0.05, 0.1) is 12.6 Å². The number of ether oxygens (including phenoxy) is 2. The average molecular weight is 586 g/mol. The number of hydrogen-bond acceptors (Lipinski definition) is 7. The Morgan fingerprint density at radius 2 is 1.76 bits per heavy atom. The van der Waals surface area contributed by atoms with E-state index in [1.807, 2.05) is 30.3 Å². The van der Waals surface area contributed by atoms with Crippen molar-refractivity contribution in [3.05, 3.63) is 35.9 Å². The van der Waals surface area contributed by atoms with Gasteiger partial charge in [-0.25, -0.2) is 9.59 Å². The molecule has 0 aromatic heterocycles. The van der Waals surface area contributed by atoms with Crippen LogP contribution >= 0.6 is 0 Å². The highest BCUT2D eigenvalue weighted by Gasteiger charge is 2.49. The number of amides is 2. The van der Waals surface area contributed by atoms with Crippen molar-refractivity contribution < 1.29 is 33.8 Å². The van der Waals surface area contributed by atoms with Gasteiger partial charge >= 0.3 is 18.0 Å². The lowest BCUT2D eigenvalue weighted by Crippen LogP contribution is -2.55. The molecule has 0 spiro atoms. The summed E-state index contributed by atoms with van der Waals surface area (Å²) in [5.41, 5.74) is 0.970. The van der Waals surface area contributed by atoms with Gasteiger partial charge in [-0.05, 0) is 69.8 Å². The van der Waals surface area contributed by atoms with Crippen molar-refractivity contribution in [3.63, 3.8) is 0 Å². The van der Waals surface area contributed by atoms with Gasteiger partial charge in [-0.3, -0.25) is 14.9 Å². The van der Waals surface area contributed by atoms with E-state index in [0.29, 0.717) is 31.8 Å². The summed E-state index contributed by atoms with van der Waals surface area (Å²) in [6.07, 6.45) is 8.17. The van der Waals surface area contributed by atoms with Crippen molar-refractivity contribution in [3.8, 4) is 0 Å². The molecule has 2 heterocycles. The van der Waals surface area contributed by atoms with Crippen molar-refractivity contribution >= 4 is 23.9 Å². The summed E-state index contributed by atoms with van der Waals surface area (Å²) in [6, 6.07) is 7.52.